The number of esters is 1. The quantitative estimate of drug-likeness (QED) is 0.519. The molecule has 1 N–H and O–H groups in total. The second kappa shape index (κ2) is 7.21. The molecule has 144 valence electrons. The lowest BCUT2D eigenvalue weighted by atomic mass is 9.74. The molecule has 1 aliphatic rings. The fourth-order valence-corrected chi connectivity index (χ4v) is 3.89. The van der Waals surface area contributed by atoms with E-state index in [0.29, 0.717) is 18.5 Å². The SMILES string of the molecule is CC(C)(C)OC(=O)C1(c2ncnc3ccc(I)cc23)CCN(C(=O)O)CC1. The molecule has 8 heteroatoms. The number of piperidine rings is 1. The van der Waals surface area contributed by atoms with E-state index < -0.39 is 17.1 Å². The Labute approximate surface area is 171 Å². The monoisotopic (exact) mass is 483 g/mol. The van der Waals surface area contributed by atoms with Gasteiger partial charge in [0.25, 0.3) is 0 Å². The number of amides is 1. The molecule has 1 aromatic carbocycles. The first-order valence-electron chi connectivity index (χ1n) is 8.74. The van der Waals surface area contributed by atoms with Gasteiger partial charge < -0.3 is 14.7 Å². The van der Waals surface area contributed by atoms with E-state index in [1.807, 2.05) is 39.0 Å². The Morgan fingerprint density at radius 3 is 2.48 bits per heavy atom. The van der Waals surface area contributed by atoms with E-state index in [2.05, 4.69) is 32.6 Å². The summed E-state index contributed by atoms with van der Waals surface area (Å²) in [5.74, 6) is -0.362. The number of carbonyl (C=O) groups excluding carboxylic acids is 1. The first kappa shape index (κ1) is 19.8. The molecule has 0 bridgehead atoms. The van der Waals surface area contributed by atoms with Crippen LogP contribution in [-0.2, 0) is 14.9 Å². The number of carboxylic acid groups (broad SMARTS) is 1. The number of nitrogens with zero attached hydrogens (tertiary/aromatic N) is 3. The van der Waals surface area contributed by atoms with Crippen LogP contribution in [0.5, 0.6) is 0 Å². The van der Waals surface area contributed by atoms with Gasteiger partial charge in [-0.05, 0) is 74.4 Å². The Hall–Kier alpha value is -1.97. The van der Waals surface area contributed by atoms with Crippen molar-refractivity contribution >= 4 is 45.6 Å². The second-order valence-electron chi connectivity index (χ2n) is 7.74. The molecular weight excluding hydrogens is 461 g/mol. The highest BCUT2D eigenvalue weighted by Crippen LogP contribution is 2.40. The van der Waals surface area contributed by atoms with Crippen molar-refractivity contribution < 1.29 is 19.4 Å². The predicted molar refractivity (Wildman–Crippen MR) is 109 cm³/mol. The van der Waals surface area contributed by atoms with Gasteiger partial charge in [0.1, 0.15) is 17.3 Å². The molecule has 3 rings (SSSR count). The number of hydrogen-bond acceptors (Lipinski definition) is 5. The number of rotatable bonds is 2. The van der Waals surface area contributed by atoms with E-state index in [1.54, 1.807) is 0 Å². The van der Waals surface area contributed by atoms with Gasteiger partial charge in [0, 0.05) is 22.0 Å². The van der Waals surface area contributed by atoms with E-state index in [0.717, 1.165) is 14.5 Å². The highest BCUT2D eigenvalue weighted by Gasteiger charge is 2.48. The van der Waals surface area contributed by atoms with Gasteiger partial charge in [0.15, 0.2) is 0 Å². The van der Waals surface area contributed by atoms with E-state index >= 15 is 0 Å². The summed E-state index contributed by atoms with van der Waals surface area (Å²) >= 11 is 2.21. The van der Waals surface area contributed by atoms with Crippen LogP contribution >= 0.6 is 22.6 Å². The van der Waals surface area contributed by atoms with Crippen molar-refractivity contribution in [3.63, 3.8) is 0 Å². The van der Waals surface area contributed by atoms with Gasteiger partial charge >= 0.3 is 12.1 Å². The van der Waals surface area contributed by atoms with E-state index in [9.17, 15) is 14.7 Å². The lowest BCUT2D eigenvalue weighted by Crippen LogP contribution is -2.51. The molecule has 0 atom stereocenters. The molecule has 2 heterocycles. The lowest BCUT2D eigenvalue weighted by molar-refractivity contribution is -0.164. The summed E-state index contributed by atoms with van der Waals surface area (Å²) in [7, 11) is 0. The minimum atomic E-state index is -0.995. The molecule has 1 aliphatic heterocycles. The summed E-state index contributed by atoms with van der Waals surface area (Å²) < 4.78 is 6.76. The van der Waals surface area contributed by atoms with E-state index in [-0.39, 0.29) is 19.1 Å². The maximum absolute atomic E-state index is 13.3. The van der Waals surface area contributed by atoms with Crippen molar-refractivity contribution in [1.29, 1.82) is 0 Å². The minimum Gasteiger partial charge on any atom is -0.465 e. The third-order valence-electron chi connectivity index (χ3n) is 4.73. The van der Waals surface area contributed by atoms with E-state index in [4.69, 9.17) is 4.74 Å². The number of benzene rings is 1. The highest BCUT2D eigenvalue weighted by atomic mass is 127. The maximum atomic E-state index is 13.3. The molecule has 1 saturated heterocycles. The summed E-state index contributed by atoms with van der Waals surface area (Å²) in [6.45, 7) is 5.98. The van der Waals surface area contributed by atoms with E-state index in [1.165, 1.54) is 11.2 Å². The van der Waals surface area contributed by atoms with Crippen molar-refractivity contribution in [3.8, 4) is 0 Å². The molecule has 0 saturated carbocycles. The van der Waals surface area contributed by atoms with Gasteiger partial charge in [-0.25, -0.2) is 14.8 Å². The molecule has 2 aromatic rings. The predicted octanol–water partition coefficient (Wildman–Crippen LogP) is 3.59. The number of fused-ring (bicyclic) bond motifs is 1. The molecular formula is C19H22IN3O4. The largest absolute Gasteiger partial charge is 0.465 e. The minimum absolute atomic E-state index is 0.254. The van der Waals surface area contributed by atoms with Gasteiger partial charge in [-0.15, -0.1) is 0 Å². The molecule has 27 heavy (non-hydrogen) atoms. The van der Waals surface area contributed by atoms with Crippen molar-refractivity contribution in [2.24, 2.45) is 0 Å². The number of aromatic nitrogens is 2. The van der Waals surface area contributed by atoms with Crippen molar-refractivity contribution in [1.82, 2.24) is 14.9 Å². The van der Waals surface area contributed by atoms with Crippen molar-refractivity contribution in [3.05, 3.63) is 33.8 Å². The van der Waals surface area contributed by atoms with Crippen LogP contribution in [0.15, 0.2) is 24.5 Å². The van der Waals surface area contributed by atoms with Crippen LogP contribution in [0.3, 0.4) is 0 Å². The van der Waals surface area contributed by atoms with Crippen LogP contribution in [0.2, 0.25) is 0 Å². The molecule has 0 spiro atoms. The Morgan fingerprint density at radius 2 is 1.89 bits per heavy atom. The average Bonchev–Trinajstić information content (AvgIpc) is 2.59. The first-order chi connectivity index (χ1) is 12.6. The molecule has 0 aliphatic carbocycles. The number of likely N-dealkylation sites (tertiary alicyclic amines) is 1. The zero-order valence-corrected chi connectivity index (χ0v) is 17.7. The summed E-state index contributed by atoms with van der Waals surface area (Å²) in [6.07, 6.45) is 1.13. The second-order valence-corrected chi connectivity index (χ2v) is 8.98. The van der Waals surface area contributed by atoms with Gasteiger partial charge in [-0.3, -0.25) is 4.79 Å². The first-order valence-corrected chi connectivity index (χ1v) is 9.82. The Bertz CT molecular complexity index is 886. The third-order valence-corrected chi connectivity index (χ3v) is 5.40. The topological polar surface area (TPSA) is 92.6 Å². The Morgan fingerprint density at radius 1 is 1.22 bits per heavy atom. The fourth-order valence-electron chi connectivity index (χ4n) is 3.40. The van der Waals surface area contributed by atoms with Crippen LogP contribution in [0.25, 0.3) is 10.9 Å². The van der Waals surface area contributed by atoms with Gasteiger partial charge in [0.05, 0.1) is 11.2 Å². The van der Waals surface area contributed by atoms with Gasteiger partial charge in [-0.1, -0.05) is 0 Å². The van der Waals surface area contributed by atoms with Crippen molar-refractivity contribution in [2.45, 2.75) is 44.6 Å². The fraction of sp³-hybridized carbons (Fsp3) is 0.474. The molecule has 0 unspecified atom stereocenters. The van der Waals surface area contributed by atoms with Crippen molar-refractivity contribution in [2.75, 3.05) is 13.1 Å². The number of hydrogen-bond donors (Lipinski definition) is 1. The molecule has 1 aromatic heterocycles. The normalized spacial score (nSPS) is 17.0. The lowest BCUT2D eigenvalue weighted by Gasteiger charge is -2.40. The highest BCUT2D eigenvalue weighted by molar-refractivity contribution is 14.1. The summed E-state index contributed by atoms with van der Waals surface area (Å²) in [5.41, 5.74) is -0.273. The van der Waals surface area contributed by atoms with Crippen LogP contribution < -0.4 is 0 Å². The van der Waals surface area contributed by atoms with Gasteiger partial charge in [0.2, 0.25) is 0 Å². The zero-order valence-electron chi connectivity index (χ0n) is 15.5. The molecule has 7 nitrogen and oxygen atoms in total. The number of carbonyl (C=O) groups is 2. The van der Waals surface area contributed by atoms with Crippen LogP contribution in [0, 0.1) is 3.57 Å². The average molecular weight is 483 g/mol. The smallest absolute Gasteiger partial charge is 0.407 e. The van der Waals surface area contributed by atoms with Crippen LogP contribution in [0.4, 0.5) is 4.79 Å². The summed E-state index contributed by atoms with van der Waals surface area (Å²) in [4.78, 5) is 34.8. The summed E-state index contributed by atoms with van der Waals surface area (Å²) in [6, 6.07) is 5.81. The number of halogens is 1. The maximum Gasteiger partial charge on any atom is 0.407 e. The molecule has 0 radical (unpaired) electrons. The number of ether oxygens (including phenoxy) is 1. The zero-order chi connectivity index (χ0) is 19.8. The third kappa shape index (κ3) is 3.99. The summed E-state index contributed by atoms with van der Waals surface area (Å²) in [5, 5.41) is 10.1. The Kier molecular flexibility index (Phi) is 5.29. The van der Waals surface area contributed by atoms with Crippen LogP contribution in [0.1, 0.15) is 39.3 Å². The Balaban J connectivity index is 2.12. The molecule has 1 fully saturated rings. The van der Waals surface area contributed by atoms with Crippen LogP contribution in [-0.4, -0.2) is 50.7 Å². The van der Waals surface area contributed by atoms with Gasteiger partial charge in [-0.2, -0.15) is 0 Å². The standard InChI is InChI=1S/C19H22IN3O4/c1-18(2,3)27-16(24)19(6-8-23(9-7-19)17(25)26)15-13-10-12(20)4-5-14(13)21-11-22-15/h4-5,10-11H,6-9H2,1-3H3,(H,25,26). The molecule has 1 amide bonds.